The van der Waals surface area contributed by atoms with Gasteiger partial charge in [0.05, 0.1) is 12.3 Å². The normalized spacial score (nSPS) is 10.3. The molecule has 0 atom stereocenters. The highest BCUT2D eigenvalue weighted by Crippen LogP contribution is 2.29. The standard InChI is InChI=1S/C14H15NO3/c1-2-9-18-14(17)15-12-7-3-6-11-10(12)5-4-8-13(11)16/h3-8,16H,2,9H2,1H3,(H,15,17). The molecule has 0 spiro atoms. The molecule has 4 heteroatoms. The Labute approximate surface area is 105 Å². The molecule has 18 heavy (non-hydrogen) atoms. The molecule has 4 nitrogen and oxygen atoms in total. The topological polar surface area (TPSA) is 58.6 Å². The Kier molecular flexibility index (Phi) is 3.67. The van der Waals surface area contributed by atoms with Crippen molar-refractivity contribution in [3.05, 3.63) is 36.4 Å². The van der Waals surface area contributed by atoms with Crippen LogP contribution in [0.4, 0.5) is 10.5 Å². The summed E-state index contributed by atoms with van der Waals surface area (Å²) in [6.45, 7) is 2.32. The number of hydrogen-bond donors (Lipinski definition) is 2. The van der Waals surface area contributed by atoms with Crippen LogP contribution in [0.1, 0.15) is 13.3 Å². The lowest BCUT2D eigenvalue weighted by Crippen LogP contribution is -2.14. The number of carbonyl (C=O) groups excluding carboxylic acids is 1. The second-order valence-corrected chi connectivity index (χ2v) is 3.94. The first-order valence-corrected chi connectivity index (χ1v) is 5.87. The zero-order valence-corrected chi connectivity index (χ0v) is 10.1. The Morgan fingerprint density at radius 3 is 2.72 bits per heavy atom. The number of hydrogen-bond acceptors (Lipinski definition) is 3. The first-order valence-electron chi connectivity index (χ1n) is 5.87. The Morgan fingerprint density at radius 1 is 1.22 bits per heavy atom. The van der Waals surface area contributed by atoms with E-state index in [1.807, 2.05) is 13.0 Å². The molecule has 0 aromatic heterocycles. The fourth-order valence-electron chi connectivity index (χ4n) is 1.74. The van der Waals surface area contributed by atoms with Gasteiger partial charge in [-0.3, -0.25) is 5.32 Å². The van der Waals surface area contributed by atoms with Crippen molar-refractivity contribution >= 4 is 22.6 Å². The Balaban J connectivity index is 2.28. The zero-order valence-electron chi connectivity index (χ0n) is 10.1. The molecule has 2 aromatic rings. The molecule has 0 bridgehead atoms. The predicted octanol–water partition coefficient (Wildman–Crippen LogP) is 3.50. The molecule has 0 saturated heterocycles. The van der Waals surface area contributed by atoms with Crippen molar-refractivity contribution < 1.29 is 14.6 Å². The van der Waals surface area contributed by atoms with E-state index in [2.05, 4.69) is 5.32 Å². The number of ether oxygens (including phenoxy) is 1. The summed E-state index contributed by atoms with van der Waals surface area (Å²) in [5.41, 5.74) is 0.629. The number of rotatable bonds is 3. The second kappa shape index (κ2) is 5.40. The van der Waals surface area contributed by atoms with Crippen LogP contribution in [0.2, 0.25) is 0 Å². The monoisotopic (exact) mass is 245 g/mol. The van der Waals surface area contributed by atoms with Gasteiger partial charge in [0.25, 0.3) is 0 Å². The van der Waals surface area contributed by atoms with Crippen LogP contribution in [0.25, 0.3) is 10.8 Å². The number of phenolic OH excluding ortho intramolecular Hbond substituents is 1. The van der Waals surface area contributed by atoms with Crippen molar-refractivity contribution in [3.8, 4) is 5.75 Å². The van der Waals surface area contributed by atoms with E-state index in [4.69, 9.17) is 4.74 Å². The van der Waals surface area contributed by atoms with Crippen LogP contribution in [0.5, 0.6) is 5.75 Å². The summed E-state index contributed by atoms with van der Waals surface area (Å²) in [6, 6.07) is 10.5. The minimum atomic E-state index is -0.479. The largest absolute Gasteiger partial charge is 0.507 e. The van der Waals surface area contributed by atoms with Crippen LogP contribution in [-0.2, 0) is 4.74 Å². The van der Waals surface area contributed by atoms with Gasteiger partial charge >= 0.3 is 6.09 Å². The van der Waals surface area contributed by atoms with E-state index in [-0.39, 0.29) is 5.75 Å². The highest BCUT2D eigenvalue weighted by Gasteiger charge is 2.07. The van der Waals surface area contributed by atoms with Crippen LogP contribution < -0.4 is 5.32 Å². The molecular formula is C14H15NO3. The molecule has 0 fully saturated rings. The van der Waals surface area contributed by atoms with E-state index in [1.54, 1.807) is 30.3 Å². The van der Waals surface area contributed by atoms with Gasteiger partial charge in [0.15, 0.2) is 0 Å². The Bertz CT molecular complexity index is 566. The van der Waals surface area contributed by atoms with Gasteiger partial charge in [-0.25, -0.2) is 4.79 Å². The number of carbonyl (C=O) groups is 1. The van der Waals surface area contributed by atoms with Crippen molar-refractivity contribution in [2.24, 2.45) is 0 Å². The Hall–Kier alpha value is -2.23. The average Bonchev–Trinajstić information content (AvgIpc) is 2.38. The third-order valence-corrected chi connectivity index (χ3v) is 2.57. The van der Waals surface area contributed by atoms with Crippen molar-refractivity contribution in [2.75, 3.05) is 11.9 Å². The van der Waals surface area contributed by atoms with E-state index >= 15 is 0 Å². The van der Waals surface area contributed by atoms with Crippen molar-refractivity contribution in [1.29, 1.82) is 0 Å². The van der Waals surface area contributed by atoms with Gasteiger partial charge < -0.3 is 9.84 Å². The van der Waals surface area contributed by atoms with Crippen molar-refractivity contribution in [3.63, 3.8) is 0 Å². The summed E-state index contributed by atoms with van der Waals surface area (Å²) in [4.78, 5) is 11.5. The smallest absolute Gasteiger partial charge is 0.411 e. The number of benzene rings is 2. The van der Waals surface area contributed by atoms with E-state index in [9.17, 15) is 9.90 Å². The van der Waals surface area contributed by atoms with Crippen LogP contribution in [0.3, 0.4) is 0 Å². The lowest BCUT2D eigenvalue weighted by atomic mass is 10.1. The quantitative estimate of drug-likeness (QED) is 0.870. The fourth-order valence-corrected chi connectivity index (χ4v) is 1.74. The first kappa shape index (κ1) is 12.2. The third kappa shape index (κ3) is 2.53. The number of phenols is 1. The summed E-state index contributed by atoms with van der Waals surface area (Å²) in [5.74, 6) is 0.193. The highest BCUT2D eigenvalue weighted by atomic mass is 16.5. The average molecular weight is 245 g/mol. The van der Waals surface area contributed by atoms with Gasteiger partial charge in [0.1, 0.15) is 5.75 Å². The molecule has 2 rings (SSSR count). The fraction of sp³-hybridized carbons (Fsp3) is 0.214. The van der Waals surface area contributed by atoms with Gasteiger partial charge in [0, 0.05) is 10.8 Å². The highest BCUT2D eigenvalue weighted by molar-refractivity contribution is 6.02. The first-order chi connectivity index (χ1) is 8.72. The van der Waals surface area contributed by atoms with Crippen molar-refractivity contribution in [1.82, 2.24) is 0 Å². The van der Waals surface area contributed by atoms with E-state index < -0.39 is 6.09 Å². The van der Waals surface area contributed by atoms with Gasteiger partial charge in [-0.1, -0.05) is 31.2 Å². The van der Waals surface area contributed by atoms with E-state index in [0.29, 0.717) is 17.7 Å². The molecule has 0 aliphatic heterocycles. The molecule has 0 heterocycles. The molecule has 0 aliphatic rings. The maximum Gasteiger partial charge on any atom is 0.411 e. The van der Waals surface area contributed by atoms with Crippen LogP contribution in [-0.4, -0.2) is 17.8 Å². The third-order valence-electron chi connectivity index (χ3n) is 2.57. The minimum Gasteiger partial charge on any atom is -0.507 e. The summed E-state index contributed by atoms with van der Waals surface area (Å²) in [6.07, 6.45) is 0.303. The van der Waals surface area contributed by atoms with Crippen LogP contribution in [0, 0.1) is 0 Å². The molecule has 94 valence electrons. The summed E-state index contributed by atoms with van der Waals surface area (Å²) >= 11 is 0. The number of aromatic hydroxyl groups is 1. The van der Waals surface area contributed by atoms with Crippen molar-refractivity contribution in [2.45, 2.75) is 13.3 Å². The Morgan fingerprint density at radius 2 is 1.94 bits per heavy atom. The van der Waals surface area contributed by atoms with Gasteiger partial charge in [-0.15, -0.1) is 0 Å². The SMILES string of the molecule is CCCOC(=O)Nc1cccc2c(O)cccc12. The zero-order chi connectivity index (χ0) is 13.0. The van der Waals surface area contributed by atoms with Gasteiger partial charge in [-0.2, -0.15) is 0 Å². The molecule has 0 radical (unpaired) electrons. The molecule has 0 unspecified atom stereocenters. The lowest BCUT2D eigenvalue weighted by molar-refractivity contribution is 0.162. The van der Waals surface area contributed by atoms with E-state index in [0.717, 1.165) is 11.8 Å². The number of nitrogens with one attached hydrogen (secondary N) is 1. The predicted molar refractivity (Wildman–Crippen MR) is 70.9 cm³/mol. The molecular weight excluding hydrogens is 230 g/mol. The van der Waals surface area contributed by atoms with Crippen LogP contribution in [0.15, 0.2) is 36.4 Å². The number of amides is 1. The lowest BCUT2D eigenvalue weighted by Gasteiger charge is -2.09. The second-order valence-electron chi connectivity index (χ2n) is 3.94. The molecule has 2 aromatic carbocycles. The maximum absolute atomic E-state index is 11.5. The molecule has 0 aliphatic carbocycles. The summed E-state index contributed by atoms with van der Waals surface area (Å²) < 4.78 is 4.96. The molecule has 2 N–H and O–H groups in total. The van der Waals surface area contributed by atoms with Crippen LogP contribution >= 0.6 is 0 Å². The number of fused-ring (bicyclic) bond motifs is 1. The maximum atomic E-state index is 11.5. The summed E-state index contributed by atoms with van der Waals surface area (Å²) in [7, 11) is 0. The van der Waals surface area contributed by atoms with Gasteiger partial charge in [0.2, 0.25) is 0 Å². The number of anilines is 1. The summed E-state index contributed by atoms with van der Waals surface area (Å²) in [5, 5.41) is 13.9. The molecule has 1 amide bonds. The van der Waals surface area contributed by atoms with Gasteiger partial charge in [-0.05, 0) is 18.6 Å². The molecule has 0 saturated carbocycles. The minimum absolute atomic E-state index is 0.193. The van der Waals surface area contributed by atoms with E-state index in [1.165, 1.54) is 0 Å².